The number of rotatable bonds is 5. The molecule has 1 N–H and O–H groups in total. The molecule has 5 nitrogen and oxygen atoms in total. The van der Waals surface area contributed by atoms with Crippen molar-refractivity contribution in [3.8, 4) is 11.5 Å². The molecule has 2 heterocycles. The summed E-state index contributed by atoms with van der Waals surface area (Å²) >= 11 is 0. The fourth-order valence-corrected chi connectivity index (χ4v) is 4.71. The minimum absolute atomic E-state index is 0. The number of aliphatic imine (C=N–C) groups is 1. The normalized spacial score (nSPS) is 17.7. The number of nitrogens with zero attached hydrogens (tertiary/aromatic N) is 1. The number of carbonyl (C=O) groups is 1. The minimum Gasteiger partial charge on any atom is -0.490 e. The first-order valence-electron chi connectivity index (χ1n) is 11.3. The highest BCUT2D eigenvalue weighted by atomic mass is 35.5. The van der Waals surface area contributed by atoms with Gasteiger partial charge in [-0.1, -0.05) is 24.3 Å². The van der Waals surface area contributed by atoms with Crippen LogP contribution in [0.3, 0.4) is 0 Å². The molecule has 0 radical (unpaired) electrons. The first kappa shape index (κ1) is 25.1. The smallest absolute Gasteiger partial charge is 0.313 e. The van der Waals surface area contributed by atoms with Crippen LogP contribution >= 0.6 is 12.4 Å². The van der Waals surface area contributed by atoms with E-state index >= 15 is 0 Å². The van der Waals surface area contributed by atoms with Crippen LogP contribution < -0.4 is 9.47 Å². The number of aliphatic carboxylic acids is 1. The van der Waals surface area contributed by atoms with Crippen LogP contribution in [0.15, 0.2) is 35.3 Å². The number of benzene rings is 2. The van der Waals surface area contributed by atoms with Crippen LogP contribution in [0.5, 0.6) is 11.5 Å². The van der Waals surface area contributed by atoms with Crippen molar-refractivity contribution in [2.24, 2.45) is 4.99 Å². The Hall–Kier alpha value is -2.53. The zero-order valence-corrected chi connectivity index (χ0v) is 21.4. The maximum atomic E-state index is 11.7. The predicted molar refractivity (Wildman–Crippen MR) is 134 cm³/mol. The molecule has 0 bridgehead atoms. The molecule has 0 atom stereocenters. The first-order valence-corrected chi connectivity index (χ1v) is 11.3. The van der Waals surface area contributed by atoms with Crippen molar-refractivity contribution in [3.63, 3.8) is 0 Å². The Labute approximate surface area is 202 Å². The van der Waals surface area contributed by atoms with Gasteiger partial charge in [0, 0.05) is 23.1 Å². The van der Waals surface area contributed by atoms with E-state index in [-0.39, 0.29) is 23.5 Å². The third kappa shape index (κ3) is 4.48. The van der Waals surface area contributed by atoms with E-state index in [1.54, 1.807) is 13.8 Å². The Morgan fingerprint density at radius 1 is 1.15 bits per heavy atom. The zero-order chi connectivity index (χ0) is 23.5. The van der Waals surface area contributed by atoms with Crippen LogP contribution in [-0.4, -0.2) is 34.5 Å². The van der Waals surface area contributed by atoms with Crippen LogP contribution in [0.25, 0.3) is 0 Å². The summed E-state index contributed by atoms with van der Waals surface area (Å²) in [4.78, 5) is 16.8. The van der Waals surface area contributed by atoms with Crippen molar-refractivity contribution in [3.05, 3.63) is 58.1 Å². The minimum atomic E-state index is -0.949. The lowest BCUT2D eigenvalue weighted by Gasteiger charge is -2.31. The van der Waals surface area contributed by atoms with E-state index in [9.17, 15) is 9.90 Å². The fraction of sp³-hybridized carbons (Fsp3) is 0.481. The summed E-state index contributed by atoms with van der Waals surface area (Å²) in [6.45, 7) is 14.5. The quantitative estimate of drug-likeness (QED) is 0.602. The van der Waals surface area contributed by atoms with Crippen molar-refractivity contribution in [1.82, 2.24) is 0 Å². The van der Waals surface area contributed by atoms with E-state index in [4.69, 9.17) is 14.5 Å². The summed E-state index contributed by atoms with van der Waals surface area (Å²) in [6.07, 6.45) is 1.61. The highest BCUT2D eigenvalue weighted by molar-refractivity contribution is 6.16. The third-order valence-corrected chi connectivity index (χ3v) is 6.40. The summed E-state index contributed by atoms with van der Waals surface area (Å²) < 4.78 is 12.3. The number of ether oxygens (including phenoxy) is 2. The molecule has 4 rings (SSSR count). The molecule has 178 valence electrons. The van der Waals surface area contributed by atoms with Gasteiger partial charge in [-0.05, 0) is 72.1 Å². The molecule has 0 saturated heterocycles. The van der Waals surface area contributed by atoms with Crippen LogP contribution in [0.1, 0.15) is 76.3 Å². The van der Waals surface area contributed by atoms with Crippen LogP contribution in [0.4, 0.5) is 0 Å². The topological polar surface area (TPSA) is 68.1 Å². The summed E-state index contributed by atoms with van der Waals surface area (Å²) in [7, 11) is 0. The molecule has 0 aromatic heterocycles. The van der Waals surface area contributed by atoms with Gasteiger partial charge in [-0.3, -0.25) is 9.79 Å². The van der Waals surface area contributed by atoms with Gasteiger partial charge in [0.1, 0.15) is 5.60 Å². The lowest BCUT2D eigenvalue weighted by molar-refractivity contribution is -0.142. The van der Waals surface area contributed by atoms with E-state index in [0.717, 1.165) is 52.3 Å². The van der Waals surface area contributed by atoms with E-state index in [1.165, 1.54) is 5.56 Å². The Bertz CT molecular complexity index is 1110. The van der Waals surface area contributed by atoms with Gasteiger partial charge in [0.2, 0.25) is 0 Å². The second kappa shape index (κ2) is 8.35. The number of hydrogen-bond donors (Lipinski definition) is 1. The van der Waals surface area contributed by atoms with Gasteiger partial charge in [-0.2, -0.15) is 0 Å². The highest BCUT2D eigenvalue weighted by Crippen LogP contribution is 2.48. The Morgan fingerprint density at radius 2 is 1.79 bits per heavy atom. The number of fused-ring (bicyclic) bond motifs is 3. The summed E-state index contributed by atoms with van der Waals surface area (Å²) in [6, 6.07) is 9.92. The van der Waals surface area contributed by atoms with Crippen molar-refractivity contribution in [2.45, 2.75) is 77.9 Å². The Balaban J connectivity index is 0.00000306. The number of halogens is 1. The SMILES string of the molecule is CCOc1cc2c(c3c1OC(C)(C)C3)C(c1ccc(C(C)(C)C(=O)O)cc1)=NC(C)(C)C2.Cl. The lowest BCUT2D eigenvalue weighted by Crippen LogP contribution is -2.31. The van der Waals surface area contributed by atoms with Crippen LogP contribution in [0.2, 0.25) is 0 Å². The molecule has 0 saturated carbocycles. The number of carboxylic acid groups (broad SMARTS) is 1. The van der Waals surface area contributed by atoms with E-state index in [1.807, 2.05) is 31.2 Å². The molecule has 6 heteroatoms. The zero-order valence-electron chi connectivity index (χ0n) is 20.5. The molecule has 2 aromatic carbocycles. The fourth-order valence-electron chi connectivity index (χ4n) is 4.71. The molecular formula is C27H34ClNO4. The van der Waals surface area contributed by atoms with Gasteiger partial charge in [0.15, 0.2) is 11.5 Å². The van der Waals surface area contributed by atoms with Gasteiger partial charge in [-0.25, -0.2) is 0 Å². The second-order valence-electron chi connectivity index (χ2n) is 10.6. The number of carboxylic acids is 1. The molecular weight excluding hydrogens is 438 g/mol. The number of hydrogen-bond acceptors (Lipinski definition) is 4. The molecule has 2 aliphatic rings. The largest absolute Gasteiger partial charge is 0.490 e. The summed E-state index contributed by atoms with van der Waals surface area (Å²) in [5, 5.41) is 9.59. The van der Waals surface area contributed by atoms with Crippen molar-refractivity contribution in [1.29, 1.82) is 0 Å². The Kier molecular flexibility index (Phi) is 6.35. The second-order valence-corrected chi connectivity index (χ2v) is 10.6. The maximum absolute atomic E-state index is 11.7. The maximum Gasteiger partial charge on any atom is 0.313 e. The van der Waals surface area contributed by atoms with Gasteiger partial charge >= 0.3 is 5.97 Å². The van der Waals surface area contributed by atoms with E-state index < -0.39 is 11.4 Å². The van der Waals surface area contributed by atoms with Gasteiger partial charge in [-0.15, -0.1) is 12.4 Å². The van der Waals surface area contributed by atoms with Crippen molar-refractivity contribution in [2.75, 3.05) is 6.61 Å². The first-order chi connectivity index (χ1) is 14.8. The molecule has 0 fully saturated rings. The van der Waals surface area contributed by atoms with Gasteiger partial charge < -0.3 is 14.6 Å². The molecule has 0 spiro atoms. The molecule has 2 aromatic rings. The van der Waals surface area contributed by atoms with E-state index in [2.05, 4.69) is 33.8 Å². The lowest BCUT2D eigenvalue weighted by atomic mass is 9.80. The molecule has 2 aliphatic heterocycles. The average molecular weight is 472 g/mol. The average Bonchev–Trinajstić information content (AvgIpc) is 3.02. The predicted octanol–water partition coefficient (Wildman–Crippen LogP) is 5.75. The Morgan fingerprint density at radius 3 is 2.36 bits per heavy atom. The van der Waals surface area contributed by atoms with Crippen molar-refractivity contribution >= 4 is 24.1 Å². The third-order valence-electron chi connectivity index (χ3n) is 6.40. The molecule has 0 aliphatic carbocycles. The van der Waals surface area contributed by atoms with Crippen molar-refractivity contribution < 1.29 is 19.4 Å². The van der Waals surface area contributed by atoms with Gasteiger partial charge in [0.05, 0.1) is 23.3 Å². The molecule has 0 unspecified atom stereocenters. The standard InChI is InChI=1S/C27H33NO4.ClH/c1-8-31-20-13-17-14-25(2,3)28-22(21(17)19-15-26(4,5)32-23(19)20)16-9-11-18(12-10-16)27(6,7)24(29)30;/h9-13H,8,14-15H2,1-7H3,(H,29,30);1H. The molecule has 0 amide bonds. The van der Waals surface area contributed by atoms with Crippen LogP contribution in [0, 0.1) is 0 Å². The highest BCUT2D eigenvalue weighted by Gasteiger charge is 2.40. The monoisotopic (exact) mass is 471 g/mol. The van der Waals surface area contributed by atoms with E-state index in [0.29, 0.717) is 6.61 Å². The summed E-state index contributed by atoms with van der Waals surface area (Å²) in [5.74, 6) is 0.793. The summed E-state index contributed by atoms with van der Waals surface area (Å²) in [5.41, 5.74) is 4.69. The van der Waals surface area contributed by atoms with Crippen LogP contribution in [-0.2, 0) is 23.1 Å². The molecule has 33 heavy (non-hydrogen) atoms. The van der Waals surface area contributed by atoms with Gasteiger partial charge in [0.25, 0.3) is 0 Å².